The van der Waals surface area contributed by atoms with Gasteiger partial charge in [0.2, 0.25) is 0 Å². The maximum Gasteiger partial charge on any atom is 0.303 e. The van der Waals surface area contributed by atoms with Gasteiger partial charge in [-0.05, 0) is 12.8 Å². The topological polar surface area (TPSA) is 84.3 Å². The van der Waals surface area contributed by atoms with Gasteiger partial charge in [0.25, 0.3) is 0 Å². The lowest BCUT2D eigenvalue weighted by atomic mass is 10.2. The summed E-state index contributed by atoms with van der Waals surface area (Å²) in [6.45, 7) is 0. The first-order chi connectivity index (χ1) is 7.99. The van der Waals surface area contributed by atoms with Gasteiger partial charge in [-0.15, -0.1) is 11.3 Å². The molecular weight excluding hydrogens is 262 g/mol. The smallest absolute Gasteiger partial charge is 0.303 e. The number of sulfone groups is 1. The molecule has 7 heteroatoms. The van der Waals surface area contributed by atoms with Crippen LogP contribution in [0.4, 0.5) is 0 Å². The van der Waals surface area contributed by atoms with E-state index in [1.807, 2.05) is 0 Å². The number of carboxylic acid groups (broad SMARTS) is 1. The maximum absolute atomic E-state index is 11.7. The molecule has 1 aromatic heterocycles. The zero-order valence-electron chi connectivity index (χ0n) is 9.13. The van der Waals surface area contributed by atoms with E-state index >= 15 is 0 Å². The van der Waals surface area contributed by atoms with Crippen molar-refractivity contribution in [2.24, 2.45) is 0 Å². The van der Waals surface area contributed by atoms with E-state index in [1.54, 1.807) is 5.38 Å². The molecule has 2 heterocycles. The minimum atomic E-state index is -3.03. The third-order valence-corrected chi connectivity index (χ3v) is 6.11. The minimum Gasteiger partial charge on any atom is -0.481 e. The Balaban J connectivity index is 2.10. The number of thiazole rings is 1. The van der Waals surface area contributed by atoms with Gasteiger partial charge in [0.15, 0.2) is 9.84 Å². The van der Waals surface area contributed by atoms with Crippen molar-refractivity contribution in [1.29, 1.82) is 0 Å². The number of hydrogen-bond acceptors (Lipinski definition) is 5. The zero-order valence-corrected chi connectivity index (χ0v) is 10.8. The summed E-state index contributed by atoms with van der Waals surface area (Å²) < 4.78 is 23.4. The van der Waals surface area contributed by atoms with Crippen molar-refractivity contribution < 1.29 is 18.3 Å². The second kappa shape index (κ2) is 4.73. The fraction of sp³-hybridized carbons (Fsp3) is 0.600. The van der Waals surface area contributed by atoms with Crippen LogP contribution in [0.25, 0.3) is 0 Å². The number of aliphatic carboxylic acids is 1. The third kappa shape index (κ3) is 2.84. The van der Waals surface area contributed by atoms with Gasteiger partial charge in [0, 0.05) is 11.8 Å². The van der Waals surface area contributed by atoms with E-state index < -0.39 is 21.1 Å². The summed E-state index contributed by atoms with van der Waals surface area (Å²) in [4.78, 5) is 14.7. The van der Waals surface area contributed by atoms with Crippen LogP contribution in [0.1, 0.15) is 35.2 Å². The molecule has 0 aromatic carbocycles. The van der Waals surface area contributed by atoms with Crippen LogP contribution in [0.5, 0.6) is 0 Å². The number of aromatic nitrogens is 1. The highest BCUT2D eigenvalue weighted by Gasteiger charge is 2.34. The van der Waals surface area contributed by atoms with Crippen LogP contribution in [-0.2, 0) is 21.1 Å². The number of rotatable bonds is 4. The van der Waals surface area contributed by atoms with Gasteiger partial charge in [-0.2, -0.15) is 0 Å². The third-order valence-electron chi connectivity index (χ3n) is 2.77. The SMILES string of the molecule is O=C(O)CCc1csc(C2CCCS2(=O)=O)n1. The highest BCUT2D eigenvalue weighted by Crippen LogP contribution is 2.36. The van der Waals surface area contributed by atoms with E-state index in [-0.39, 0.29) is 12.2 Å². The molecule has 17 heavy (non-hydrogen) atoms. The van der Waals surface area contributed by atoms with Crippen molar-refractivity contribution in [1.82, 2.24) is 4.98 Å². The number of hydrogen-bond donors (Lipinski definition) is 1. The Kier molecular flexibility index (Phi) is 3.48. The summed E-state index contributed by atoms with van der Waals surface area (Å²) in [5.41, 5.74) is 0.675. The molecule has 1 N–H and O–H groups in total. The van der Waals surface area contributed by atoms with Crippen molar-refractivity contribution in [3.8, 4) is 0 Å². The van der Waals surface area contributed by atoms with Gasteiger partial charge in [-0.1, -0.05) is 0 Å². The Morgan fingerprint density at radius 3 is 2.94 bits per heavy atom. The number of aryl methyl sites for hydroxylation is 1. The van der Waals surface area contributed by atoms with E-state index in [4.69, 9.17) is 5.11 Å². The summed E-state index contributed by atoms with van der Waals surface area (Å²) in [6, 6.07) is 0. The molecular formula is C10H13NO4S2. The number of carbonyl (C=O) groups is 1. The monoisotopic (exact) mass is 275 g/mol. The summed E-state index contributed by atoms with van der Waals surface area (Å²) in [7, 11) is -3.03. The molecule has 2 rings (SSSR count). The molecule has 1 fully saturated rings. The van der Waals surface area contributed by atoms with Crippen LogP contribution in [-0.4, -0.2) is 30.2 Å². The lowest BCUT2D eigenvalue weighted by Gasteiger charge is -2.03. The first kappa shape index (κ1) is 12.5. The molecule has 0 saturated carbocycles. The molecule has 0 spiro atoms. The summed E-state index contributed by atoms with van der Waals surface area (Å²) in [5, 5.41) is 10.5. The van der Waals surface area contributed by atoms with Gasteiger partial charge < -0.3 is 5.11 Å². The lowest BCUT2D eigenvalue weighted by Crippen LogP contribution is -2.07. The molecule has 1 aliphatic heterocycles. The van der Waals surface area contributed by atoms with Crippen molar-refractivity contribution in [2.75, 3.05) is 5.75 Å². The van der Waals surface area contributed by atoms with E-state index in [1.165, 1.54) is 11.3 Å². The van der Waals surface area contributed by atoms with E-state index in [2.05, 4.69) is 4.98 Å². The number of carboxylic acids is 1. The first-order valence-corrected chi connectivity index (χ1v) is 7.96. The van der Waals surface area contributed by atoms with Crippen LogP contribution in [0, 0.1) is 0 Å². The Bertz CT molecular complexity index is 520. The molecule has 0 bridgehead atoms. The Morgan fingerprint density at radius 1 is 1.59 bits per heavy atom. The summed E-state index contributed by atoms with van der Waals surface area (Å²) in [6.07, 6.45) is 1.71. The molecule has 0 amide bonds. The molecule has 5 nitrogen and oxygen atoms in total. The molecule has 0 radical (unpaired) electrons. The average molecular weight is 275 g/mol. The van der Waals surface area contributed by atoms with Crippen molar-refractivity contribution in [2.45, 2.75) is 30.9 Å². The second-order valence-electron chi connectivity index (χ2n) is 4.07. The molecule has 1 aliphatic rings. The highest BCUT2D eigenvalue weighted by atomic mass is 32.2. The quantitative estimate of drug-likeness (QED) is 0.898. The molecule has 0 aliphatic carbocycles. The largest absolute Gasteiger partial charge is 0.481 e. The van der Waals surface area contributed by atoms with E-state index in [9.17, 15) is 13.2 Å². The van der Waals surface area contributed by atoms with Crippen molar-refractivity contribution >= 4 is 27.1 Å². The zero-order chi connectivity index (χ0) is 12.5. The van der Waals surface area contributed by atoms with E-state index in [0.29, 0.717) is 30.0 Å². The highest BCUT2D eigenvalue weighted by molar-refractivity contribution is 7.92. The summed E-state index contributed by atoms with van der Waals surface area (Å²) in [5.74, 6) is -0.630. The van der Waals surface area contributed by atoms with Crippen LogP contribution >= 0.6 is 11.3 Å². The van der Waals surface area contributed by atoms with E-state index in [0.717, 1.165) is 0 Å². The first-order valence-electron chi connectivity index (χ1n) is 5.37. The molecule has 94 valence electrons. The molecule has 1 saturated heterocycles. The second-order valence-corrected chi connectivity index (χ2v) is 7.26. The predicted octanol–water partition coefficient (Wildman–Crippen LogP) is 1.41. The van der Waals surface area contributed by atoms with Gasteiger partial charge in [0.05, 0.1) is 17.9 Å². The predicted molar refractivity (Wildman–Crippen MR) is 63.8 cm³/mol. The molecule has 1 atom stereocenters. The normalized spacial score (nSPS) is 22.7. The van der Waals surface area contributed by atoms with Crippen molar-refractivity contribution in [3.63, 3.8) is 0 Å². The summed E-state index contributed by atoms with van der Waals surface area (Å²) >= 11 is 1.32. The fourth-order valence-corrected chi connectivity index (χ4v) is 5.10. The Hall–Kier alpha value is -0.950. The van der Waals surface area contributed by atoms with Crippen LogP contribution in [0.3, 0.4) is 0 Å². The standard InChI is InChI=1S/C10H13NO4S2/c12-9(13)4-3-7-6-16-10(11-7)8-2-1-5-17(8,14)15/h6,8H,1-5H2,(H,12,13). The van der Waals surface area contributed by atoms with Crippen molar-refractivity contribution in [3.05, 3.63) is 16.1 Å². The Morgan fingerprint density at radius 2 is 2.35 bits per heavy atom. The van der Waals surface area contributed by atoms with Gasteiger partial charge in [-0.25, -0.2) is 13.4 Å². The lowest BCUT2D eigenvalue weighted by molar-refractivity contribution is -0.136. The van der Waals surface area contributed by atoms with Gasteiger partial charge >= 0.3 is 5.97 Å². The molecule has 1 aromatic rings. The van der Waals surface area contributed by atoms with Crippen LogP contribution < -0.4 is 0 Å². The van der Waals surface area contributed by atoms with Gasteiger partial charge in [-0.3, -0.25) is 4.79 Å². The van der Waals surface area contributed by atoms with Crippen LogP contribution in [0.2, 0.25) is 0 Å². The average Bonchev–Trinajstić information content (AvgIpc) is 2.80. The Labute approximate surface area is 103 Å². The fourth-order valence-electron chi connectivity index (χ4n) is 1.89. The van der Waals surface area contributed by atoms with Gasteiger partial charge in [0.1, 0.15) is 10.3 Å². The van der Waals surface area contributed by atoms with Crippen LogP contribution in [0.15, 0.2) is 5.38 Å². The molecule has 1 unspecified atom stereocenters. The number of nitrogens with zero attached hydrogens (tertiary/aromatic N) is 1. The maximum atomic E-state index is 11.7. The minimum absolute atomic E-state index is 0.0284.